The Hall–Kier alpha value is -1.27. The first-order chi connectivity index (χ1) is 8.00. The molecule has 0 spiro atoms. The summed E-state index contributed by atoms with van der Waals surface area (Å²) >= 11 is 0. The summed E-state index contributed by atoms with van der Waals surface area (Å²) in [5, 5.41) is 13.8. The minimum Gasteiger partial charge on any atom is -0.311 e. The van der Waals surface area contributed by atoms with E-state index in [9.17, 15) is 14.3 Å². The smallest absolute Gasteiger partial charge is 0.269 e. The van der Waals surface area contributed by atoms with E-state index in [1.165, 1.54) is 6.07 Å². The minimum absolute atomic E-state index is 0.0775. The molecular weight excluding hydrogens is 240 g/mol. The summed E-state index contributed by atoms with van der Waals surface area (Å²) in [5.74, 6) is 0. The molecule has 0 aliphatic heterocycles. The molecule has 0 aromatic heterocycles. The number of nitrogens with one attached hydrogen (secondary N) is 1. The molecule has 0 fully saturated rings. The van der Waals surface area contributed by atoms with Crippen LogP contribution in [-0.2, 0) is 17.3 Å². The van der Waals surface area contributed by atoms with Gasteiger partial charge in [-0.1, -0.05) is 12.1 Å². The number of rotatable bonds is 6. The van der Waals surface area contributed by atoms with Crippen LogP contribution in [0.2, 0.25) is 0 Å². The second-order valence-electron chi connectivity index (χ2n) is 3.87. The Balaban J connectivity index is 2.49. The van der Waals surface area contributed by atoms with Crippen LogP contribution in [-0.4, -0.2) is 27.2 Å². The predicted octanol–water partition coefficient (Wildman–Crippen LogP) is 1.45. The van der Waals surface area contributed by atoms with E-state index in [1.54, 1.807) is 18.4 Å². The summed E-state index contributed by atoms with van der Waals surface area (Å²) in [6.45, 7) is 3.07. The van der Waals surface area contributed by atoms with Crippen LogP contribution in [0.25, 0.3) is 0 Å². The average molecular weight is 256 g/mol. The fourth-order valence-electron chi connectivity index (χ4n) is 1.32. The van der Waals surface area contributed by atoms with E-state index in [0.29, 0.717) is 13.1 Å². The van der Waals surface area contributed by atoms with Crippen LogP contribution < -0.4 is 5.32 Å². The maximum absolute atomic E-state index is 11.1. The molecule has 17 heavy (non-hydrogen) atoms. The van der Waals surface area contributed by atoms with Gasteiger partial charge in [0, 0.05) is 47.5 Å². The number of hydrogen-bond acceptors (Lipinski definition) is 4. The molecule has 0 aliphatic carbocycles. The Bertz CT molecular complexity index is 423. The van der Waals surface area contributed by atoms with E-state index in [2.05, 4.69) is 5.32 Å². The molecule has 6 heteroatoms. The second kappa shape index (κ2) is 6.46. The van der Waals surface area contributed by atoms with Crippen molar-refractivity contribution < 1.29 is 9.13 Å². The molecule has 0 radical (unpaired) electrons. The monoisotopic (exact) mass is 256 g/mol. The summed E-state index contributed by atoms with van der Waals surface area (Å²) in [5.41, 5.74) is 0.949. The van der Waals surface area contributed by atoms with Gasteiger partial charge in [0.15, 0.2) is 0 Å². The van der Waals surface area contributed by atoms with Gasteiger partial charge in [0.25, 0.3) is 5.69 Å². The first-order valence-corrected chi connectivity index (χ1v) is 6.89. The zero-order chi connectivity index (χ0) is 12.8. The Morgan fingerprint density at radius 2 is 2.24 bits per heavy atom. The topological polar surface area (TPSA) is 72.2 Å². The molecule has 0 unspecified atom stereocenters. The van der Waals surface area contributed by atoms with E-state index < -0.39 is 15.7 Å². The maximum Gasteiger partial charge on any atom is 0.269 e. The lowest BCUT2D eigenvalue weighted by Gasteiger charge is -2.09. The summed E-state index contributed by atoms with van der Waals surface area (Å²) in [6, 6.07) is 6.50. The van der Waals surface area contributed by atoms with Gasteiger partial charge in [-0.25, -0.2) is 0 Å². The molecule has 0 heterocycles. The fourth-order valence-corrected chi connectivity index (χ4v) is 1.67. The summed E-state index contributed by atoms with van der Waals surface area (Å²) in [6.07, 6.45) is 1.67. The highest BCUT2D eigenvalue weighted by molar-refractivity contribution is 7.84. The molecule has 0 bridgehead atoms. The van der Waals surface area contributed by atoms with Crippen molar-refractivity contribution in [3.63, 3.8) is 0 Å². The zero-order valence-corrected chi connectivity index (χ0v) is 10.7. The van der Waals surface area contributed by atoms with Crippen molar-refractivity contribution in [3.8, 4) is 0 Å². The van der Waals surface area contributed by atoms with Gasteiger partial charge in [-0.2, -0.15) is 0 Å². The minimum atomic E-state index is -0.851. The quantitative estimate of drug-likeness (QED) is 0.617. The first-order valence-electron chi connectivity index (χ1n) is 5.27. The Morgan fingerprint density at radius 1 is 1.53 bits per heavy atom. The van der Waals surface area contributed by atoms with Crippen LogP contribution in [0, 0.1) is 10.1 Å². The van der Waals surface area contributed by atoms with Gasteiger partial charge in [0.1, 0.15) is 0 Å². The average Bonchev–Trinajstić information content (AvgIpc) is 2.29. The third kappa shape index (κ3) is 4.62. The van der Waals surface area contributed by atoms with Crippen LogP contribution in [0.4, 0.5) is 5.69 Å². The lowest BCUT2D eigenvalue weighted by Crippen LogP contribution is -2.27. The molecule has 0 aliphatic rings. The number of nitro benzene ring substituents is 1. The molecule has 1 rings (SSSR count). The van der Waals surface area contributed by atoms with Gasteiger partial charge < -0.3 is 5.32 Å². The van der Waals surface area contributed by atoms with Crippen LogP contribution in [0.3, 0.4) is 0 Å². The largest absolute Gasteiger partial charge is 0.311 e. The number of non-ortho nitro benzene ring substituents is 1. The van der Waals surface area contributed by atoms with E-state index in [1.807, 2.05) is 13.0 Å². The Labute approximate surface area is 103 Å². The van der Waals surface area contributed by atoms with Gasteiger partial charge >= 0.3 is 0 Å². The van der Waals surface area contributed by atoms with Crippen LogP contribution >= 0.6 is 0 Å². The second-order valence-corrected chi connectivity index (χ2v) is 5.67. The molecule has 0 amide bonds. The predicted molar refractivity (Wildman–Crippen MR) is 68.3 cm³/mol. The molecule has 0 saturated carbocycles. The molecule has 5 nitrogen and oxygen atoms in total. The first kappa shape index (κ1) is 13.8. The van der Waals surface area contributed by atoms with E-state index in [-0.39, 0.29) is 10.9 Å². The molecule has 0 saturated heterocycles. The number of benzene rings is 1. The van der Waals surface area contributed by atoms with Crippen LogP contribution in [0.5, 0.6) is 0 Å². The molecule has 2 atom stereocenters. The third-order valence-corrected chi connectivity index (χ3v) is 3.75. The molecule has 1 aromatic carbocycles. The summed E-state index contributed by atoms with van der Waals surface area (Å²) < 4.78 is 11.1. The standard InChI is InChI=1S/C11H16N2O3S/c1-9(17(2)16)7-12-8-10-4-3-5-11(6-10)13(14)15/h3-6,9,12H,7-8H2,1-2H3/t9-,17-/m0/s1. The van der Waals surface area contributed by atoms with Gasteiger partial charge in [-0.05, 0) is 12.5 Å². The van der Waals surface area contributed by atoms with Crippen molar-refractivity contribution in [2.75, 3.05) is 12.8 Å². The number of nitrogens with zero attached hydrogens (tertiary/aromatic N) is 1. The lowest BCUT2D eigenvalue weighted by atomic mass is 10.2. The van der Waals surface area contributed by atoms with Crippen molar-refractivity contribution >= 4 is 16.5 Å². The van der Waals surface area contributed by atoms with Crippen LogP contribution in [0.15, 0.2) is 24.3 Å². The van der Waals surface area contributed by atoms with Crippen LogP contribution in [0.1, 0.15) is 12.5 Å². The van der Waals surface area contributed by atoms with E-state index in [0.717, 1.165) is 5.56 Å². The van der Waals surface area contributed by atoms with Crippen molar-refractivity contribution in [2.45, 2.75) is 18.7 Å². The zero-order valence-electron chi connectivity index (χ0n) is 9.88. The van der Waals surface area contributed by atoms with Gasteiger partial charge in [0.2, 0.25) is 0 Å². The molecule has 1 aromatic rings. The highest BCUT2D eigenvalue weighted by atomic mass is 32.2. The van der Waals surface area contributed by atoms with E-state index in [4.69, 9.17) is 0 Å². The maximum atomic E-state index is 11.1. The van der Waals surface area contributed by atoms with Gasteiger partial charge in [-0.3, -0.25) is 14.3 Å². The van der Waals surface area contributed by atoms with E-state index >= 15 is 0 Å². The van der Waals surface area contributed by atoms with Crippen molar-refractivity contribution in [2.24, 2.45) is 0 Å². The highest BCUT2D eigenvalue weighted by Gasteiger charge is 2.07. The van der Waals surface area contributed by atoms with Crippen molar-refractivity contribution in [3.05, 3.63) is 39.9 Å². The van der Waals surface area contributed by atoms with Crippen molar-refractivity contribution in [1.82, 2.24) is 5.32 Å². The summed E-state index contributed by atoms with van der Waals surface area (Å²) in [4.78, 5) is 10.2. The fraction of sp³-hybridized carbons (Fsp3) is 0.455. The molecule has 1 N–H and O–H groups in total. The van der Waals surface area contributed by atoms with Crippen molar-refractivity contribution in [1.29, 1.82) is 0 Å². The molecule has 94 valence electrons. The normalized spacial score (nSPS) is 14.2. The van der Waals surface area contributed by atoms with Gasteiger partial charge in [-0.15, -0.1) is 0 Å². The SMILES string of the molecule is C[C@@H](CNCc1cccc([N+](=O)[O-])c1)[S@](C)=O. The number of nitro groups is 1. The Kier molecular flexibility index (Phi) is 5.24. The van der Waals surface area contributed by atoms with Gasteiger partial charge in [0.05, 0.1) is 4.92 Å². The molecular formula is C11H16N2O3S. The Morgan fingerprint density at radius 3 is 2.82 bits per heavy atom. The third-order valence-electron chi connectivity index (χ3n) is 2.45. The number of hydrogen-bond donors (Lipinski definition) is 1. The highest BCUT2D eigenvalue weighted by Crippen LogP contribution is 2.12. The lowest BCUT2D eigenvalue weighted by molar-refractivity contribution is -0.384. The summed E-state index contributed by atoms with van der Waals surface area (Å²) in [7, 11) is -0.851.